The first-order valence-corrected chi connectivity index (χ1v) is 10.3. The molecule has 2 heterocycles. The minimum absolute atomic E-state index is 0.208. The molecule has 0 aliphatic carbocycles. The van der Waals surface area contributed by atoms with E-state index in [4.69, 9.17) is 0 Å². The molecular formula is C23H20BrFN4O. The number of hydrogen-bond donors (Lipinski definition) is 1. The Kier molecular flexibility index (Phi) is 5.39. The molecule has 0 fully saturated rings. The Balaban J connectivity index is 1.65. The predicted octanol–water partition coefficient (Wildman–Crippen LogP) is 5.56. The van der Waals surface area contributed by atoms with Crippen molar-refractivity contribution < 1.29 is 9.18 Å². The summed E-state index contributed by atoms with van der Waals surface area (Å²) in [6, 6.07) is 13.8. The normalized spacial score (nSPS) is 11.1. The van der Waals surface area contributed by atoms with Gasteiger partial charge in [-0.05, 0) is 56.7 Å². The van der Waals surface area contributed by atoms with Crippen LogP contribution in [-0.2, 0) is 6.54 Å². The summed E-state index contributed by atoms with van der Waals surface area (Å²) in [4.78, 5) is 17.7. The number of nitrogens with one attached hydrogen (secondary N) is 1. The van der Waals surface area contributed by atoms with E-state index in [0.717, 1.165) is 38.0 Å². The van der Waals surface area contributed by atoms with Crippen molar-refractivity contribution in [1.29, 1.82) is 0 Å². The Morgan fingerprint density at radius 2 is 1.83 bits per heavy atom. The van der Waals surface area contributed by atoms with E-state index in [2.05, 4.69) is 31.3 Å². The molecule has 30 heavy (non-hydrogen) atoms. The van der Waals surface area contributed by atoms with Gasteiger partial charge in [-0.3, -0.25) is 14.5 Å². The lowest BCUT2D eigenvalue weighted by Gasteiger charge is -2.10. The van der Waals surface area contributed by atoms with Gasteiger partial charge in [0.1, 0.15) is 5.82 Å². The van der Waals surface area contributed by atoms with Crippen molar-refractivity contribution in [1.82, 2.24) is 14.8 Å². The molecule has 5 nitrogen and oxygen atoms in total. The van der Waals surface area contributed by atoms with E-state index in [9.17, 15) is 9.18 Å². The van der Waals surface area contributed by atoms with Crippen molar-refractivity contribution in [2.45, 2.75) is 27.3 Å². The van der Waals surface area contributed by atoms with Crippen LogP contribution in [0, 0.1) is 26.6 Å². The second-order valence-electron chi connectivity index (χ2n) is 7.26. The summed E-state index contributed by atoms with van der Waals surface area (Å²) >= 11 is 3.45. The van der Waals surface area contributed by atoms with Crippen LogP contribution < -0.4 is 5.32 Å². The number of amides is 1. The number of anilines is 1. The van der Waals surface area contributed by atoms with Crippen LogP contribution >= 0.6 is 15.9 Å². The zero-order chi connectivity index (χ0) is 21.4. The van der Waals surface area contributed by atoms with Crippen molar-refractivity contribution in [3.63, 3.8) is 0 Å². The van der Waals surface area contributed by atoms with Crippen LogP contribution in [0.15, 0.2) is 53.0 Å². The Labute approximate surface area is 182 Å². The number of aromatic nitrogens is 3. The van der Waals surface area contributed by atoms with Gasteiger partial charge in [-0.15, -0.1) is 0 Å². The summed E-state index contributed by atoms with van der Waals surface area (Å²) in [5, 5.41) is 8.37. The van der Waals surface area contributed by atoms with Crippen molar-refractivity contribution in [3.05, 3.63) is 87.0 Å². The van der Waals surface area contributed by atoms with Gasteiger partial charge in [0.15, 0.2) is 0 Å². The fourth-order valence-electron chi connectivity index (χ4n) is 3.50. The second-order valence-corrected chi connectivity index (χ2v) is 8.17. The van der Waals surface area contributed by atoms with Gasteiger partial charge in [0, 0.05) is 15.6 Å². The van der Waals surface area contributed by atoms with Crippen LogP contribution in [0.25, 0.3) is 10.9 Å². The molecule has 7 heteroatoms. The van der Waals surface area contributed by atoms with E-state index in [-0.39, 0.29) is 11.7 Å². The Morgan fingerprint density at radius 1 is 1.10 bits per heavy atom. The number of rotatable bonds is 4. The molecule has 0 saturated carbocycles. The van der Waals surface area contributed by atoms with Crippen LogP contribution in [0.5, 0.6) is 0 Å². The Morgan fingerprint density at radius 3 is 2.57 bits per heavy atom. The first kappa shape index (κ1) is 20.2. The number of aryl methyl sites for hydroxylation is 2. The van der Waals surface area contributed by atoms with Gasteiger partial charge < -0.3 is 5.32 Å². The molecule has 152 valence electrons. The molecule has 1 amide bonds. The zero-order valence-electron chi connectivity index (χ0n) is 16.8. The number of hydrogen-bond acceptors (Lipinski definition) is 3. The van der Waals surface area contributed by atoms with Crippen LogP contribution in [0.2, 0.25) is 0 Å². The summed E-state index contributed by atoms with van der Waals surface area (Å²) < 4.78 is 15.9. The number of carbonyl (C=O) groups is 1. The fraction of sp³-hybridized carbons (Fsp3) is 0.174. The molecule has 4 rings (SSSR count). The quantitative estimate of drug-likeness (QED) is 0.428. The molecule has 4 aromatic rings. The molecule has 0 spiro atoms. The molecule has 1 N–H and O–H groups in total. The smallest absolute Gasteiger partial charge is 0.256 e. The maximum atomic E-state index is 13.2. The Bertz CT molecular complexity index is 1260. The third-order valence-electron chi connectivity index (χ3n) is 5.01. The molecular weight excluding hydrogens is 447 g/mol. The van der Waals surface area contributed by atoms with Gasteiger partial charge in [0.25, 0.3) is 5.91 Å². The van der Waals surface area contributed by atoms with Crippen molar-refractivity contribution >= 4 is 38.4 Å². The van der Waals surface area contributed by atoms with Gasteiger partial charge >= 0.3 is 0 Å². The molecule has 0 atom stereocenters. The van der Waals surface area contributed by atoms with Crippen molar-refractivity contribution in [2.24, 2.45) is 0 Å². The minimum atomic E-state index is -0.271. The summed E-state index contributed by atoms with van der Waals surface area (Å²) in [6.45, 7) is 6.13. The first-order chi connectivity index (χ1) is 14.3. The van der Waals surface area contributed by atoms with Gasteiger partial charge in [-0.2, -0.15) is 5.10 Å². The highest BCUT2D eigenvalue weighted by atomic mass is 79.9. The zero-order valence-corrected chi connectivity index (χ0v) is 18.4. The monoisotopic (exact) mass is 466 g/mol. The molecule has 2 aromatic heterocycles. The number of halogens is 2. The van der Waals surface area contributed by atoms with E-state index in [0.29, 0.717) is 17.8 Å². The van der Waals surface area contributed by atoms with Gasteiger partial charge in [0.2, 0.25) is 0 Å². The van der Waals surface area contributed by atoms with Crippen molar-refractivity contribution in [2.75, 3.05) is 5.32 Å². The highest BCUT2D eigenvalue weighted by Gasteiger charge is 2.18. The SMILES string of the molecule is Cc1cc(C(=O)Nc2c(C)nn(Cc3ccc(F)cc3)c2C)c2ccc(Br)cc2n1. The van der Waals surface area contributed by atoms with Crippen molar-refractivity contribution in [3.8, 4) is 0 Å². The van der Waals surface area contributed by atoms with Crippen LogP contribution in [0.1, 0.15) is 33.0 Å². The first-order valence-electron chi connectivity index (χ1n) is 9.48. The maximum absolute atomic E-state index is 13.2. The number of benzene rings is 2. The number of pyridine rings is 1. The average Bonchev–Trinajstić information content (AvgIpc) is 2.96. The summed E-state index contributed by atoms with van der Waals surface area (Å²) in [6.07, 6.45) is 0. The number of nitrogens with zero attached hydrogens (tertiary/aromatic N) is 3. The standard InChI is InChI=1S/C23H20BrFN4O/c1-13-10-20(19-9-6-17(24)11-21(19)26-13)23(30)27-22-14(2)28-29(15(22)3)12-16-4-7-18(25)8-5-16/h4-11H,12H2,1-3H3,(H,27,30). The topological polar surface area (TPSA) is 59.8 Å². The summed E-state index contributed by atoms with van der Waals surface area (Å²) in [5.74, 6) is -0.479. The summed E-state index contributed by atoms with van der Waals surface area (Å²) in [7, 11) is 0. The van der Waals surface area contributed by atoms with E-state index in [1.807, 2.05) is 43.7 Å². The van der Waals surface area contributed by atoms with Crippen LogP contribution in [-0.4, -0.2) is 20.7 Å². The second kappa shape index (κ2) is 7.99. The minimum Gasteiger partial charge on any atom is -0.319 e. The molecule has 0 aliphatic heterocycles. The number of carbonyl (C=O) groups excluding carboxylic acids is 1. The predicted molar refractivity (Wildman–Crippen MR) is 119 cm³/mol. The third-order valence-corrected chi connectivity index (χ3v) is 5.50. The van der Waals surface area contributed by atoms with E-state index in [1.54, 1.807) is 18.2 Å². The third kappa shape index (κ3) is 3.98. The van der Waals surface area contributed by atoms with E-state index >= 15 is 0 Å². The average molecular weight is 467 g/mol. The lowest BCUT2D eigenvalue weighted by atomic mass is 10.1. The molecule has 0 unspecified atom stereocenters. The molecule has 0 radical (unpaired) electrons. The Hall–Kier alpha value is -3.06. The largest absolute Gasteiger partial charge is 0.319 e. The molecule has 0 saturated heterocycles. The highest BCUT2D eigenvalue weighted by molar-refractivity contribution is 9.10. The fourth-order valence-corrected chi connectivity index (χ4v) is 3.85. The lowest BCUT2D eigenvalue weighted by molar-refractivity contribution is 0.102. The molecule has 2 aromatic carbocycles. The molecule has 0 aliphatic rings. The van der Waals surface area contributed by atoms with E-state index < -0.39 is 0 Å². The molecule has 0 bridgehead atoms. The highest BCUT2D eigenvalue weighted by Crippen LogP contribution is 2.25. The van der Waals surface area contributed by atoms with Gasteiger partial charge in [-0.25, -0.2) is 4.39 Å². The van der Waals surface area contributed by atoms with Gasteiger partial charge in [0.05, 0.1) is 34.7 Å². The van der Waals surface area contributed by atoms with Gasteiger partial charge in [-0.1, -0.05) is 34.1 Å². The van der Waals surface area contributed by atoms with Crippen LogP contribution in [0.3, 0.4) is 0 Å². The summed E-state index contributed by atoms with van der Waals surface area (Å²) in [5.41, 5.74) is 5.27. The lowest BCUT2D eigenvalue weighted by Crippen LogP contribution is -2.14. The van der Waals surface area contributed by atoms with E-state index in [1.165, 1.54) is 12.1 Å². The van der Waals surface area contributed by atoms with Crippen LogP contribution in [0.4, 0.5) is 10.1 Å². The number of fused-ring (bicyclic) bond motifs is 1. The maximum Gasteiger partial charge on any atom is 0.256 e.